The van der Waals surface area contributed by atoms with E-state index in [0.29, 0.717) is 0 Å². The molecule has 124 valence electrons. The van der Waals surface area contributed by atoms with Crippen LogP contribution in [0.4, 0.5) is 5.69 Å². The van der Waals surface area contributed by atoms with Gasteiger partial charge in [-0.2, -0.15) is 0 Å². The van der Waals surface area contributed by atoms with E-state index < -0.39 is 0 Å². The van der Waals surface area contributed by atoms with Gasteiger partial charge in [0.25, 0.3) is 0 Å². The van der Waals surface area contributed by atoms with Crippen LogP contribution in [0.5, 0.6) is 0 Å². The van der Waals surface area contributed by atoms with Crippen LogP contribution in [0, 0.1) is 0 Å². The van der Waals surface area contributed by atoms with Crippen LogP contribution in [0.2, 0.25) is 10.0 Å². The first-order valence-electron chi connectivity index (χ1n) is 7.25. The number of rotatable bonds is 0. The zero-order valence-corrected chi connectivity index (χ0v) is 17.8. The van der Waals surface area contributed by atoms with Gasteiger partial charge in [0.1, 0.15) is 5.69 Å². The van der Waals surface area contributed by atoms with Gasteiger partial charge < -0.3 is 0 Å². The summed E-state index contributed by atoms with van der Waals surface area (Å²) in [5, 5.41) is 5.88. The fraction of sp³-hybridized carbons (Fsp3) is 0.500. The summed E-state index contributed by atoms with van der Waals surface area (Å²) in [6.07, 6.45) is 0. The highest BCUT2D eigenvalue weighted by Gasteiger charge is 2.33. The van der Waals surface area contributed by atoms with Gasteiger partial charge >= 0.3 is 0 Å². The summed E-state index contributed by atoms with van der Waals surface area (Å²) in [5.41, 5.74) is 0.760. The Balaban J connectivity index is 2.29. The number of nitrogens with zero attached hydrogens (tertiary/aromatic N) is 2. The van der Waals surface area contributed by atoms with E-state index in [9.17, 15) is 0 Å². The second-order valence-electron chi connectivity index (χ2n) is 7.60. The van der Waals surface area contributed by atoms with E-state index in [0.717, 1.165) is 35.3 Å². The molecule has 0 amide bonds. The van der Waals surface area contributed by atoms with Gasteiger partial charge in [0.15, 0.2) is 0 Å². The summed E-state index contributed by atoms with van der Waals surface area (Å²) < 4.78 is 4.25. The van der Waals surface area contributed by atoms with Crippen LogP contribution in [0.1, 0.15) is 51.3 Å². The molecule has 23 heavy (non-hydrogen) atoms. The van der Waals surface area contributed by atoms with Crippen LogP contribution in [0.3, 0.4) is 0 Å². The zero-order valence-electron chi connectivity index (χ0n) is 13.9. The Labute approximate surface area is 159 Å². The molecule has 0 spiro atoms. The topological polar surface area (TPSA) is 24.7 Å². The summed E-state index contributed by atoms with van der Waals surface area (Å²) in [7, 11) is 0. The van der Waals surface area contributed by atoms with Gasteiger partial charge in [-0.15, -0.1) is 32.3 Å². The summed E-state index contributed by atoms with van der Waals surface area (Å²) in [4.78, 5) is 5.56. The van der Waals surface area contributed by atoms with Crippen LogP contribution < -0.4 is 0 Å². The summed E-state index contributed by atoms with van der Waals surface area (Å²) in [6, 6.07) is 0. The van der Waals surface area contributed by atoms with Crippen molar-refractivity contribution in [2.75, 3.05) is 0 Å². The summed E-state index contributed by atoms with van der Waals surface area (Å²) >= 11 is 18.1. The van der Waals surface area contributed by atoms with Crippen LogP contribution >= 0.6 is 57.8 Å². The van der Waals surface area contributed by atoms with E-state index in [-0.39, 0.29) is 10.8 Å². The van der Waals surface area contributed by atoms with Crippen LogP contribution in [0.15, 0.2) is 14.5 Å². The van der Waals surface area contributed by atoms with Crippen molar-refractivity contribution in [3.63, 3.8) is 0 Å². The predicted molar refractivity (Wildman–Crippen MR) is 105 cm³/mol. The van der Waals surface area contributed by atoms with Gasteiger partial charge in [0.05, 0.1) is 24.7 Å². The van der Waals surface area contributed by atoms with Gasteiger partial charge in [0, 0.05) is 21.7 Å². The first-order chi connectivity index (χ1) is 10.5. The molecule has 1 aliphatic rings. The average Bonchev–Trinajstić information content (AvgIpc) is 2.82. The number of halogens is 2. The number of fused-ring (bicyclic) bond motifs is 3. The minimum atomic E-state index is -0.0231. The molecule has 3 heterocycles. The lowest BCUT2D eigenvalue weighted by molar-refractivity contribution is 0.603. The SMILES string of the molecule is CC(C)(C)c1sc2c(c1Cl)N=NSc1c-2sc(C(C)(C)C)c1Cl. The van der Waals surface area contributed by atoms with Crippen LogP contribution in [0.25, 0.3) is 9.75 Å². The predicted octanol–water partition coefficient (Wildman–Crippen LogP) is 8.48. The second-order valence-corrected chi connectivity index (χ2v) is 11.2. The molecule has 0 radical (unpaired) electrons. The van der Waals surface area contributed by atoms with Crippen LogP contribution in [-0.4, -0.2) is 0 Å². The van der Waals surface area contributed by atoms with Gasteiger partial charge in [-0.25, -0.2) is 0 Å². The maximum Gasteiger partial charge on any atom is 0.125 e. The van der Waals surface area contributed by atoms with Crippen molar-refractivity contribution < 1.29 is 0 Å². The summed E-state index contributed by atoms with van der Waals surface area (Å²) in [5.74, 6) is 0. The van der Waals surface area contributed by atoms with Crippen molar-refractivity contribution in [2.45, 2.75) is 57.3 Å². The molecule has 0 saturated carbocycles. The lowest BCUT2D eigenvalue weighted by Gasteiger charge is -2.16. The summed E-state index contributed by atoms with van der Waals surface area (Å²) in [6.45, 7) is 13.0. The molecule has 0 fully saturated rings. The molecule has 2 aromatic rings. The molecule has 2 aromatic heterocycles. The fourth-order valence-electron chi connectivity index (χ4n) is 2.34. The fourth-order valence-corrected chi connectivity index (χ4v) is 6.98. The largest absolute Gasteiger partial charge is 0.140 e. The first-order valence-corrected chi connectivity index (χ1v) is 10.4. The molecule has 0 unspecified atom stereocenters. The van der Waals surface area contributed by atoms with Crippen LogP contribution in [-0.2, 0) is 10.8 Å². The second kappa shape index (κ2) is 5.73. The standard InChI is InChI=1S/C16H18Cl2N2S3/c1-15(2,3)13-7(17)9-11(21-13)12-10(23-20-19-9)8(18)14(22-12)16(4,5)6/h1-6H3. The van der Waals surface area contributed by atoms with Crippen molar-refractivity contribution in [1.82, 2.24) is 0 Å². The van der Waals surface area contributed by atoms with E-state index in [2.05, 4.69) is 51.2 Å². The van der Waals surface area contributed by atoms with Crippen molar-refractivity contribution in [3.8, 4) is 9.75 Å². The van der Waals surface area contributed by atoms with Crippen molar-refractivity contribution in [1.29, 1.82) is 0 Å². The van der Waals surface area contributed by atoms with E-state index in [1.165, 1.54) is 16.8 Å². The molecule has 1 aliphatic heterocycles. The average molecular weight is 405 g/mol. The smallest absolute Gasteiger partial charge is 0.125 e. The molecule has 0 atom stereocenters. The Hall–Kier alpha value is -0.0700. The minimum Gasteiger partial charge on any atom is -0.140 e. The third kappa shape index (κ3) is 2.99. The molecule has 3 rings (SSSR count). The number of thiophene rings is 2. The highest BCUT2D eigenvalue weighted by molar-refractivity contribution is 7.98. The number of hydrogen-bond donors (Lipinski definition) is 0. The lowest BCUT2D eigenvalue weighted by atomic mass is 9.94. The molecule has 2 nitrogen and oxygen atoms in total. The van der Waals surface area contributed by atoms with Gasteiger partial charge in [-0.1, -0.05) is 64.7 Å². The Morgan fingerprint density at radius 3 is 1.87 bits per heavy atom. The van der Waals surface area contributed by atoms with E-state index in [1.807, 2.05) is 0 Å². The van der Waals surface area contributed by atoms with Crippen molar-refractivity contribution in [2.24, 2.45) is 9.63 Å². The van der Waals surface area contributed by atoms with Crippen molar-refractivity contribution >= 4 is 63.5 Å². The molecular weight excluding hydrogens is 387 g/mol. The minimum absolute atomic E-state index is 0.000273. The van der Waals surface area contributed by atoms with Gasteiger partial charge in [0.2, 0.25) is 0 Å². The zero-order chi connectivity index (χ0) is 17.2. The molecule has 0 bridgehead atoms. The third-order valence-corrected chi connectivity index (χ3v) is 8.83. The Morgan fingerprint density at radius 2 is 1.30 bits per heavy atom. The normalized spacial score (nSPS) is 14.6. The van der Waals surface area contributed by atoms with E-state index in [1.54, 1.807) is 22.7 Å². The van der Waals surface area contributed by atoms with E-state index >= 15 is 0 Å². The van der Waals surface area contributed by atoms with E-state index in [4.69, 9.17) is 23.2 Å². The Kier molecular flexibility index (Phi) is 4.42. The molecule has 0 aliphatic carbocycles. The van der Waals surface area contributed by atoms with Gasteiger partial charge in [-0.05, 0) is 10.8 Å². The quantitative estimate of drug-likeness (QED) is 0.403. The molecule has 0 saturated heterocycles. The Bertz CT molecular complexity index is 805. The lowest BCUT2D eigenvalue weighted by Crippen LogP contribution is -2.08. The van der Waals surface area contributed by atoms with Gasteiger partial charge in [-0.3, -0.25) is 0 Å². The third-order valence-electron chi connectivity index (χ3n) is 3.48. The molecule has 0 aromatic carbocycles. The maximum atomic E-state index is 6.66. The number of hydrogen-bond acceptors (Lipinski definition) is 5. The van der Waals surface area contributed by atoms with Crippen molar-refractivity contribution in [3.05, 3.63) is 19.8 Å². The maximum absolute atomic E-state index is 6.66. The Morgan fingerprint density at radius 1 is 0.783 bits per heavy atom. The molecular formula is C16H18Cl2N2S3. The first kappa shape index (κ1) is 17.7. The highest BCUT2D eigenvalue weighted by Crippen LogP contribution is 2.58. The molecule has 7 heteroatoms. The highest BCUT2D eigenvalue weighted by atomic mass is 35.5. The molecule has 0 N–H and O–H groups in total. The monoisotopic (exact) mass is 404 g/mol.